The molecule has 2 rings (SSSR count). The number of anilines is 1. The largest absolute Gasteiger partial charge is 0.330 e. The van der Waals surface area contributed by atoms with E-state index in [9.17, 15) is 18.0 Å². The van der Waals surface area contributed by atoms with Crippen molar-refractivity contribution in [2.45, 2.75) is 18.7 Å². The Labute approximate surface area is 174 Å². The molecule has 0 heterocycles. The highest BCUT2D eigenvalue weighted by Crippen LogP contribution is 2.29. The summed E-state index contributed by atoms with van der Waals surface area (Å²) in [6, 6.07) is 9.18. The maximum absolute atomic E-state index is 12.9. The smallest absolute Gasteiger partial charge is 0.254 e. The van der Waals surface area contributed by atoms with Gasteiger partial charge in [0, 0.05) is 18.4 Å². The molecular weight excluding hydrogens is 423 g/mol. The highest BCUT2D eigenvalue weighted by molar-refractivity contribution is 7.90. The molecule has 0 fully saturated rings. The summed E-state index contributed by atoms with van der Waals surface area (Å²) < 4.78 is 23.6. The van der Waals surface area contributed by atoms with Crippen molar-refractivity contribution in [2.24, 2.45) is 0 Å². The Morgan fingerprint density at radius 3 is 2.25 bits per heavy atom. The van der Waals surface area contributed by atoms with E-state index in [0.717, 1.165) is 6.26 Å². The number of benzene rings is 2. The number of halogens is 2. The Morgan fingerprint density at radius 2 is 1.71 bits per heavy atom. The predicted molar refractivity (Wildman–Crippen MR) is 111 cm³/mol. The van der Waals surface area contributed by atoms with Crippen LogP contribution in [0.25, 0.3) is 0 Å². The number of carbonyl (C=O) groups excluding carboxylic acids is 2. The summed E-state index contributed by atoms with van der Waals surface area (Å²) in [6.07, 6.45) is 1.07. The molecule has 28 heavy (non-hydrogen) atoms. The van der Waals surface area contributed by atoms with E-state index in [1.165, 1.54) is 17.0 Å². The van der Waals surface area contributed by atoms with Crippen molar-refractivity contribution in [3.05, 3.63) is 57.6 Å². The summed E-state index contributed by atoms with van der Waals surface area (Å²) in [5.41, 5.74) is 1.12. The quantitative estimate of drug-likeness (QED) is 0.736. The lowest BCUT2D eigenvalue weighted by molar-refractivity contribution is -0.116. The van der Waals surface area contributed by atoms with Gasteiger partial charge >= 0.3 is 0 Å². The van der Waals surface area contributed by atoms with E-state index in [0.29, 0.717) is 5.56 Å². The summed E-state index contributed by atoms with van der Waals surface area (Å²) in [7, 11) is -3.46. The van der Waals surface area contributed by atoms with Crippen LogP contribution in [0.2, 0.25) is 10.0 Å². The molecule has 2 amide bonds. The molecule has 150 valence electrons. The van der Waals surface area contributed by atoms with E-state index in [1.54, 1.807) is 38.1 Å². The Bertz CT molecular complexity index is 1000. The number of para-hydroxylation sites is 1. The molecular formula is C19H20Cl2N2O4S. The molecule has 0 aliphatic rings. The molecule has 0 atom stereocenters. The van der Waals surface area contributed by atoms with Gasteiger partial charge in [0.25, 0.3) is 5.91 Å². The summed E-state index contributed by atoms with van der Waals surface area (Å²) in [5, 5.41) is 3.18. The van der Waals surface area contributed by atoms with Gasteiger partial charge in [-0.15, -0.1) is 0 Å². The third kappa shape index (κ3) is 5.25. The number of sulfone groups is 1. The summed E-state index contributed by atoms with van der Waals surface area (Å²) >= 11 is 12.1. The highest BCUT2D eigenvalue weighted by Gasteiger charge is 2.21. The lowest BCUT2D eigenvalue weighted by Gasteiger charge is -2.22. The molecule has 0 aliphatic heterocycles. The van der Waals surface area contributed by atoms with Crippen LogP contribution in [0.15, 0.2) is 41.3 Å². The third-order valence-corrected chi connectivity index (χ3v) is 5.84. The normalized spacial score (nSPS) is 11.2. The first-order chi connectivity index (χ1) is 13.0. The molecule has 0 bridgehead atoms. The van der Waals surface area contributed by atoms with Crippen LogP contribution in [0, 0.1) is 6.92 Å². The fourth-order valence-corrected chi connectivity index (χ4v) is 3.67. The SMILES string of the molecule is CCN(CC(=O)Nc1c(Cl)cccc1Cl)C(=O)c1cc(S(C)(=O)=O)ccc1C. The van der Waals surface area contributed by atoms with Gasteiger partial charge in [-0.2, -0.15) is 0 Å². The van der Waals surface area contributed by atoms with Gasteiger partial charge in [0.2, 0.25) is 5.91 Å². The first kappa shape index (κ1) is 22.2. The number of amides is 2. The molecule has 9 heteroatoms. The topological polar surface area (TPSA) is 83.6 Å². The molecule has 2 aromatic rings. The molecule has 1 N–H and O–H groups in total. The summed E-state index contributed by atoms with van der Waals surface area (Å²) in [6.45, 7) is 3.45. The van der Waals surface area contributed by atoms with Crippen LogP contribution in [0.3, 0.4) is 0 Å². The summed E-state index contributed by atoms with van der Waals surface area (Å²) in [5.74, 6) is -0.909. The number of nitrogens with one attached hydrogen (secondary N) is 1. The van der Waals surface area contributed by atoms with Crippen LogP contribution < -0.4 is 5.32 Å². The van der Waals surface area contributed by atoms with Gasteiger partial charge in [-0.25, -0.2) is 8.42 Å². The fraction of sp³-hybridized carbons (Fsp3) is 0.263. The predicted octanol–water partition coefficient (Wildman–Crippen LogP) is 3.81. The number of aryl methyl sites for hydroxylation is 1. The van der Waals surface area contributed by atoms with Crippen LogP contribution in [0.4, 0.5) is 5.69 Å². The molecule has 2 aromatic carbocycles. The second-order valence-electron chi connectivity index (χ2n) is 6.21. The Balaban J connectivity index is 2.23. The van der Waals surface area contributed by atoms with Crippen molar-refractivity contribution < 1.29 is 18.0 Å². The number of hydrogen-bond acceptors (Lipinski definition) is 4. The minimum atomic E-state index is -3.46. The van der Waals surface area contributed by atoms with Crippen LogP contribution in [-0.4, -0.2) is 44.5 Å². The standard InChI is InChI=1S/C19H20Cl2N2O4S/c1-4-23(11-17(24)22-18-15(20)6-5-7-16(18)21)19(25)14-10-13(28(3,26)27)9-8-12(14)2/h5-10H,4,11H2,1-3H3,(H,22,24). The average molecular weight is 443 g/mol. The van der Waals surface area contributed by atoms with E-state index in [2.05, 4.69) is 5.32 Å². The lowest BCUT2D eigenvalue weighted by atomic mass is 10.1. The van der Waals surface area contributed by atoms with Crippen LogP contribution in [-0.2, 0) is 14.6 Å². The van der Waals surface area contributed by atoms with E-state index >= 15 is 0 Å². The van der Waals surface area contributed by atoms with Crippen LogP contribution in [0.1, 0.15) is 22.8 Å². The molecule has 0 spiro atoms. The number of rotatable bonds is 6. The lowest BCUT2D eigenvalue weighted by Crippen LogP contribution is -2.38. The molecule has 0 radical (unpaired) electrons. The van der Waals surface area contributed by atoms with Crippen molar-refractivity contribution in [1.29, 1.82) is 0 Å². The van der Waals surface area contributed by atoms with Gasteiger partial charge in [-0.3, -0.25) is 9.59 Å². The van der Waals surface area contributed by atoms with Gasteiger partial charge in [0.05, 0.1) is 20.6 Å². The Kier molecular flexibility index (Phi) is 7.09. The Hall–Kier alpha value is -2.09. The summed E-state index contributed by atoms with van der Waals surface area (Å²) in [4.78, 5) is 26.7. The minimum Gasteiger partial charge on any atom is -0.330 e. The van der Waals surface area contributed by atoms with Gasteiger partial charge in [0.15, 0.2) is 9.84 Å². The van der Waals surface area contributed by atoms with E-state index in [4.69, 9.17) is 23.2 Å². The van der Waals surface area contributed by atoms with E-state index in [1.807, 2.05) is 0 Å². The van der Waals surface area contributed by atoms with E-state index in [-0.39, 0.29) is 39.3 Å². The molecule has 0 unspecified atom stereocenters. The molecule has 0 aromatic heterocycles. The van der Waals surface area contributed by atoms with Gasteiger partial charge in [0.1, 0.15) is 6.54 Å². The number of nitrogens with zero attached hydrogens (tertiary/aromatic N) is 1. The third-order valence-electron chi connectivity index (χ3n) is 4.10. The molecule has 6 nitrogen and oxygen atoms in total. The van der Waals surface area contributed by atoms with Crippen LogP contribution in [0.5, 0.6) is 0 Å². The fourth-order valence-electron chi connectivity index (χ4n) is 2.53. The maximum Gasteiger partial charge on any atom is 0.254 e. The first-order valence-corrected chi connectivity index (χ1v) is 11.0. The van der Waals surface area contributed by atoms with Gasteiger partial charge in [-0.05, 0) is 43.7 Å². The molecule has 0 saturated heterocycles. The second-order valence-corrected chi connectivity index (χ2v) is 9.04. The van der Waals surface area contributed by atoms with Gasteiger partial charge in [-0.1, -0.05) is 35.3 Å². The van der Waals surface area contributed by atoms with Crippen molar-refractivity contribution in [3.63, 3.8) is 0 Å². The molecule has 0 aliphatic carbocycles. The van der Waals surface area contributed by atoms with E-state index < -0.39 is 21.7 Å². The number of carbonyl (C=O) groups is 2. The van der Waals surface area contributed by atoms with Crippen molar-refractivity contribution in [2.75, 3.05) is 24.7 Å². The second kappa shape index (κ2) is 8.94. The van der Waals surface area contributed by atoms with Crippen molar-refractivity contribution in [1.82, 2.24) is 4.90 Å². The van der Waals surface area contributed by atoms with Crippen molar-refractivity contribution >= 4 is 50.5 Å². The van der Waals surface area contributed by atoms with Gasteiger partial charge < -0.3 is 10.2 Å². The Morgan fingerprint density at radius 1 is 1.11 bits per heavy atom. The van der Waals surface area contributed by atoms with Crippen LogP contribution >= 0.6 is 23.2 Å². The zero-order chi connectivity index (χ0) is 21.1. The number of likely N-dealkylation sites (N-methyl/N-ethyl adjacent to an activating group) is 1. The number of hydrogen-bond donors (Lipinski definition) is 1. The average Bonchev–Trinajstić information content (AvgIpc) is 2.61. The zero-order valence-electron chi connectivity index (χ0n) is 15.6. The minimum absolute atomic E-state index is 0.0461. The highest BCUT2D eigenvalue weighted by atomic mass is 35.5. The molecule has 0 saturated carbocycles. The van der Waals surface area contributed by atoms with Crippen molar-refractivity contribution in [3.8, 4) is 0 Å². The zero-order valence-corrected chi connectivity index (χ0v) is 18.0. The maximum atomic E-state index is 12.9. The first-order valence-electron chi connectivity index (χ1n) is 8.38. The monoisotopic (exact) mass is 442 g/mol.